The molecule has 1 amide bonds. The highest BCUT2D eigenvalue weighted by Crippen LogP contribution is 2.10. The SMILES string of the molecule is C#CCN1CCN(C(=O)C(C)(C)NCC)CC1. The van der Waals surface area contributed by atoms with Gasteiger partial charge in [0.25, 0.3) is 0 Å². The van der Waals surface area contributed by atoms with Gasteiger partial charge in [-0.3, -0.25) is 9.69 Å². The third-order valence-electron chi connectivity index (χ3n) is 3.13. The molecule has 0 atom stereocenters. The largest absolute Gasteiger partial charge is 0.339 e. The maximum absolute atomic E-state index is 12.3. The van der Waals surface area contributed by atoms with Crippen molar-refractivity contribution in [3.05, 3.63) is 0 Å². The van der Waals surface area contributed by atoms with E-state index < -0.39 is 5.54 Å². The van der Waals surface area contributed by atoms with Crippen molar-refractivity contribution >= 4 is 5.91 Å². The molecule has 1 aliphatic heterocycles. The Balaban J connectivity index is 2.49. The van der Waals surface area contributed by atoms with E-state index >= 15 is 0 Å². The molecule has 0 radical (unpaired) electrons. The van der Waals surface area contributed by atoms with Crippen molar-refractivity contribution < 1.29 is 4.79 Å². The van der Waals surface area contributed by atoms with Crippen LogP contribution >= 0.6 is 0 Å². The monoisotopic (exact) mass is 237 g/mol. The maximum Gasteiger partial charge on any atom is 0.242 e. The highest BCUT2D eigenvalue weighted by Gasteiger charge is 2.32. The summed E-state index contributed by atoms with van der Waals surface area (Å²) in [5, 5.41) is 3.22. The van der Waals surface area contributed by atoms with E-state index in [0.717, 1.165) is 32.7 Å². The Morgan fingerprint density at radius 3 is 2.41 bits per heavy atom. The minimum absolute atomic E-state index is 0.180. The van der Waals surface area contributed by atoms with Crippen LogP contribution in [-0.4, -0.2) is 60.5 Å². The number of hydrogen-bond acceptors (Lipinski definition) is 3. The Labute approximate surface area is 104 Å². The molecule has 0 aromatic carbocycles. The second-order valence-corrected chi connectivity index (χ2v) is 4.93. The van der Waals surface area contributed by atoms with E-state index in [1.165, 1.54) is 0 Å². The Hall–Kier alpha value is -1.05. The zero-order valence-corrected chi connectivity index (χ0v) is 11.1. The molecule has 0 unspecified atom stereocenters. The van der Waals surface area contributed by atoms with Crippen molar-refractivity contribution in [2.45, 2.75) is 26.3 Å². The first-order valence-electron chi connectivity index (χ1n) is 6.21. The topological polar surface area (TPSA) is 35.6 Å². The fourth-order valence-corrected chi connectivity index (χ4v) is 2.15. The molecular weight excluding hydrogens is 214 g/mol. The standard InChI is InChI=1S/C13H23N3O/c1-5-7-15-8-10-16(11-9-15)12(17)13(3,4)14-6-2/h1,14H,6-11H2,2-4H3. The first-order valence-corrected chi connectivity index (χ1v) is 6.21. The fraction of sp³-hybridized carbons (Fsp3) is 0.769. The van der Waals surface area contributed by atoms with Crippen LogP contribution in [-0.2, 0) is 4.79 Å². The second kappa shape index (κ2) is 6.04. The lowest BCUT2D eigenvalue weighted by molar-refractivity contribution is -0.138. The van der Waals surface area contributed by atoms with Gasteiger partial charge in [0, 0.05) is 26.2 Å². The van der Waals surface area contributed by atoms with Crippen LogP contribution < -0.4 is 5.32 Å². The van der Waals surface area contributed by atoms with Gasteiger partial charge >= 0.3 is 0 Å². The van der Waals surface area contributed by atoms with Crippen molar-refractivity contribution in [2.24, 2.45) is 0 Å². The normalized spacial score (nSPS) is 17.9. The van der Waals surface area contributed by atoms with E-state index in [1.54, 1.807) is 0 Å². The molecule has 4 heteroatoms. The average molecular weight is 237 g/mol. The molecule has 1 rings (SSSR count). The van der Waals surface area contributed by atoms with E-state index in [4.69, 9.17) is 6.42 Å². The molecule has 1 N–H and O–H groups in total. The highest BCUT2D eigenvalue weighted by atomic mass is 16.2. The summed E-state index contributed by atoms with van der Waals surface area (Å²) in [5.74, 6) is 2.82. The van der Waals surface area contributed by atoms with Gasteiger partial charge < -0.3 is 10.2 Å². The number of hydrogen-bond donors (Lipinski definition) is 1. The van der Waals surface area contributed by atoms with E-state index in [2.05, 4.69) is 16.1 Å². The summed E-state index contributed by atoms with van der Waals surface area (Å²) in [6.45, 7) is 10.7. The molecule has 17 heavy (non-hydrogen) atoms. The predicted molar refractivity (Wildman–Crippen MR) is 69.6 cm³/mol. The molecule has 4 nitrogen and oxygen atoms in total. The molecule has 0 saturated carbocycles. The van der Waals surface area contributed by atoms with Gasteiger partial charge in [-0.2, -0.15) is 0 Å². The predicted octanol–water partition coefficient (Wildman–Crippen LogP) is 0.152. The molecule has 0 bridgehead atoms. The van der Waals surface area contributed by atoms with Crippen LogP contribution in [0.1, 0.15) is 20.8 Å². The summed E-state index contributed by atoms with van der Waals surface area (Å²) in [6, 6.07) is 0. The molecule has 96 valence electrons. The van der Waals surface area contributed by atoms with Gasteiger partial charge in [0.2, 0.25) is 5.91 Å². The molecule has 1 fully saturated rings. The first-order chi connectivity index (χ1) is 8.01. The van der Waals surface area contributed by atoms with Crippen LogP contribution in [0.5, 0.6) is 0 Å². The number of piperazine rings is 1. The van der Waals surface area contributed by atoms with Crippen LogP contribution in [0, 0.1) is 12.3 Å². The lowest BCUT2D eigenvalue weighted by Crippen LogP contribution is -2.58. The number of rotatable bonds is 4. The van der Waals surface area contributed by atoms with Gasteiger partial charge in [0.1, 0.15) is 0 Å². The summed E-state index contributed by atoms with van der Waals surface area (Å²) < 4.78 is 0. The van der Waals surface area contributed by atoms with Gasteiger partial charge in [-0.15, -0.1) is 6.42 Å². The molecule has 1 heterocycles. The molecule has 0 aromatic heterocycles. The molecule has 1 aliphatic rings. The Morgan fingerprint density at radius 1 is 1.35 bits per heavy atom. The third kappa shape index (κ3) is 3.72. The number of carbonyl (C=O) groups excluding carboxylic acids is 1. The van der Waals surface area contributed by atoms with Crippen molar-refractivity contribution in [2.75, 3.05) is 39.3 Å². The quantitative estimate of drug-likeness (QED) is 0.707. The van der Waals surface area contributed by atoms with Gasteiger partial charge in [-0.1, -0.05) is 12.8 Å². The number of nitrogens with zero attached hydrogens (tertiary/aromatic N) is 2. The third-order valence-corrected chi connectivity index (χ3v) is 3.13. The minimum atomic E-state index is -0.469. The highest BCUT2D eigenvalue weighted by molar-refractivity contribution is 5.85. The van der Waals surface area contributed by atoms with Gasteiger partial charge in [-0.25, -0.2) is 0 Å². The van der Waals surface area contributed by atoms with Crippen molar-refractivity contribution in [3.8, 4) is 12.3 Å². The summed E-state index contributed by atoms with van der Waals surface area (Å²) in [6.07, 6.45) is 5.28. The zero-order valence-electron chi connectivity index (χ0n) is 11.1. The number of carbonyl (C=O) groups is 1. The molecule has 1 saturated heterocycles. The summed E-state index contributed by atoms with van der Waals surface area (Å²) >= 11 is 0. The van der Waals surface area contributed by atoms with Crippen LogP contribution in [0.4, 0.5) is 0 Å². The van der Waals surface area contributed by atoms with Crippen molar-refractivity contribution in [1.29, 1.82) is 0 Å². The summed E-state index contributed by atoms with van der Waals surface area (Å²) in [4.78, 5) is 16.4. The first kappa shape index (κ1) is 14.0. The molecule has 0 aromatic rings. The lowest BCUT2D eigenvalue weighted by Gasteiger charge is -2.38. The van der Waals surface area contributed by atoms with Crippen molar-refractivity contribution in [3.63, 3.8) is 0 Å². The van der Waals surface area contributed by atoms with Gasteiger partial charge in [-0.05, 0) is 20.4 Å². The van der Waals surface area contributed by atoms with Gasteiger partial charge in [0.15, 0.2) is 0 Å². The average Bonchev–Trinajstić information content (AvgIpc) is 2.29. The van der Waals surface area contributed by atoms with Crippen LogP contribution in [0.15, 0.2) is 0 Å². The maximum atomic E-state index is 12.3. The van der Waals surface area contributed by atoms with Crippen LogP contribution in [0.2, 0.25) is 0 Å². The molecule has 0 spiro atoms. The molecular formula is C13H23N3O. The molecule has 0 aliphatic carbocycles. The van der Waals surface area contributed by atoms with E-state index in [1.807, 2.05) is 25.7 Å². The lowest BCUT2D eigenvalue weighted by atomic mass is 10.0. The smallest absolute Gasteiger partial charge is 0.242 e. The summed E-state index contributed by atoms with van der Waals surface area (Å²) in [5.41, 5.74) is -0.469. The Bertz CT molecular complexity index is 298. The zero-order chi connectivity index (χ0) is 12.9. The summed E-state index contributed by atoms with van der Waals surface area (Å²) in [7, 11) is 0. The number of terminal acetylenes is 1. The van der Waals surface area contributed by atoms with E-state index in [0.29, 0.717) is 6.54 Å². The Kier molecular flexibility index (Phi) is 4.98. The Morgan fingerprint density at radius 2 is 1.94 bits per heavy atom. The van der Waals surface area contributed by atoms with Crippen LogP contribution in [0.3, 0.4) is 0 Å². The number of likely N-dealkylation sites (N-methyl/N-ethyl adjacent to an activating group) is 1. The second-order valence-electron chi connectivity index (χ2n) is 4.93. The van der Waals surface area contributed by atoms with Gasteiger partial charge in [0.05, 0.1) is 12.1 Å². The van der Waals surface area contributed by atoms with E-state index in [-0.39, 0.29) is 5.91 Å². The number of amides is 1. The number of nitrogens with one attached hydrogen (secondary N) is 1. The fourth-order valence-electron chi connectivity index (χ4n) is 2.15. The van der Waals surface area contributed by atoms with E-state index in [9.17, 15) is 4.79 Å². The minimum Gasteiger partial charge on any atom is -0.339 e. The van der Waals surface area contributed by atoms with Crippen LogP contribution in [0.25, 0.3) is 0 Å². The van der Waals surface area contributed by atoms with Crippen molar-refractivity contribution in [1.82, 2.24) is 15.1 Å².